The number of hydrogen-bond donors (Lipinski definition) is 0. The number of fused-ring (bicyclic) bond motifs is 1. The van der Waals surface area contributed by atoms with Gasteiger partial charge in [0.1, 0.15) is 0 Å². The van der Waals surface area contributed by atoms with Crippen LogP contribution in [-0.4, -0.2) is 69.2 Å². The van der Waals surface area contributed by atoms with Gasteiger partial charge in [0.2, 0.25) is 10.0 Å². The van der Waals surface area contributed by atoms with E-state index in [0.717, 1.165) is 10.2 Å². The van der Waals surface area contributed by atoms with Crippen molar-refractivity contribution < 1.29 is 22.7 Å². The second kappa shape index (κ2) is 9.86. The number of rotatable bonds is 7. The summed E-state index contributed by atoms with van der Waals surface area (Å²) in [6.07, 6.45) is -0.395. The Morgan fingerprint density at radius 3 is 2.61 bits per heavy atom. The molecule has 0 bridgehead atoms. The molecular formula is C23H27N3O5S2. The fourth-order valence-electron chi connectivity index (χ4n) is 3.86. The molecule has 1 aliphatic heterocycles. The summed E-state index contributed by atoms with van der Waals surface area (Å²) in [6, 6.07) is 13.9. The molecule has 8 nitrogen and oxygen atoms in total. The van der Waals surface area contributed by atoms with Gasteiger partial charge in [0.15, 0.2) is 5.13 Å². The van der Waals surface area contributed by atoms with Crippen molar-refractivity contribution in [3.8, 4) is 0 Å². The quantitative estimate of drug-likeness (QED) is 0.506. The molecule has 176 valence electrons. The number of carbonyl (C=O) groups excluding carboxylic acids is 1. The number of anilines is 1. The van der Waals surface area contributed by atoms with Gasteiger partial charge in [-0.25, -0.2) is 13.4 Å². The second-order valence-corrected chi connectivity index (χ2v) is 11.0. The summed E-state index contributed by atoms with van der Waals surface area (Å²) >= 11 is 1.41. The normalized spacial score (nSPS) is 19.6. The molecule has 3 aromatic rings. The van der Waals surface area contributed by atoms with Crippen molar-refractivity contribution >= 4 is 42.6 Å². The summed E-state index contributed by atoms with van der Waals surface area (Å²) < 4.78 is 39.9. The van der Waals surface area contributed by atoms with E-state index >= 15 is 0 Å². The van der Waals surface area contributed by atoms with Crippen molar-refractivity contribution in [3.05, 3.63) is 54.1 Å². The Labute approximate surface area is 197 Å². The number of hydrogen-bond acceptors (Lipinski definition) is 7. The van der Waals surface area contributed by atoms with E-state index in [1.807, 2.05) is 38.1 Å². The van der Waals surface area contributed by atoms with Gasteiger partial charge in [0.05, 0.1) is 40.5 Å². The highest BCUT2D eigenvalue weighted by atomic mass is 32.2. The van der Waals surface area contributed by atoms with Crippen molar-refractivity contribution in [2.24, 2.45) is 0 Å². The predicted octanol–water partition coefficient (Wildman–Crippen LogP) is 3.39. The monoisotopic (exact) mass is 489 g/mol. The van der Waals surface area contributed by atoms with Crippen molar-refractivity contribution in [1.82, 2.24) is 9.29 Å². The maximum Gasteiger partial charge on any atom is 0.260 e. The number of amides is 1. The van der Waals surface area contributed by atoms with Crippen molar-refractivity contribution in [2.45, 2.75) is 31.0 Å². The summed E-state index contributed by atoms with van der Waals surface area (Å²) in [5, 5.41) is 0.544. The SMILES string of the molecule is COCCN(C(=O)c1cccc(S(=O)(=O)N2CC(C)OC(C)C2)c1)c1nc2ccccc2s1. The minimum atomic E-state index is -3.77. The standard InChI is InChI=1S/C23H27N3O5S2/c1-16-14-25(15-17(2)31-16)33(28,29)19-8-6-7-18(13-19)22(27)26(11-12-30-3)23-24-20-9-4-5-10-21(20)32-23/h4-10,13,16-17H,11-12,14-15H2,1-3H3. The van der Waals surface area contributed by atoms with Gasteiger partial charge in [-0.2, -0.15) is 4.31 Å². The van der Waals surface area contributed by atoms with Crippen LogP contribution < -0.4 is 4.90 Å². The molecule has 4 rings (SSSR count). The van der Waals surface area contributed by atoms with Gasteiger partial charge in [-0.1, -0.05) is 29.5 Å². The van der Waals surface area contributed by atoms with Crippen LogP contribution in [0.25, 0.3) is 10.2 Å². The van der Waals surface area contributed by atoms with Crippen LogP contribution in [0.4, 0.5) is 5.13 Å². The summed E-state index contributed by atoms with van der Waals surface area (Å²) in [4.78, 5) is 19.7. The number of ether oxygens (including phenoxy) is 2. The average Bonchev–Trinajstić information content (AvgIpc) is 3.22. The molecule has 0 spiro atoms. The Balaban J connectivity index is 1.65. The lowest BCUT2D eigenvalue weighted by Gasteiger charge is -2.34. The molecule has 2 unspecified atom stereocenters. The molecule has 10 heteroatoms. The van der Waals surface area contributed by atoms with Crippen LogP contribution in [0, 0.1) is 0 Å². The first-order chi connectivity index (χ1) is 15.8. The number of para-hydroxylation sites is 1. The zero-order valence-electron chi connectivity index (χ0n) is 18.8. The molecule has 0 aliphatic carbocycles. The van der Waals surface area contributed by atoms with E-state index < -0.39 is 10.0 Å². The number of sulfonamides is 1. The van der Waals surface area contributed by atoms with Gasteiger partial charge in [0, 0.05) is 25.8 Å². The number of aromatic nitrogens is 1. The fraction of sp³-hybridized carbons (Fsp3) is 0.391. The Morgan fingerprint density at radius 2 is 1.91 bits per heavy atom. The molecule has 2 atom stereocenters. The Bertz CT molecular complexity index is 1200. The molecule has 33 heavy (non-hydrogen) atoms. The molecule has 1 fully saturated rings. The summed E-state index contributed by atoms with van der Waals surface area (Å²) in [6.45, 7) is 4.87. The van der Waals surface area contributed by atoms with Gasteiger partial charge in [0.25, 0.3) is 5.91 Å². The zero-order valence-corrected chi connectivity index (χ0v) is 20.4. The number of methoxy groups -OCH3 is 1. The molecule has 1 aliphatic rings. The van der Waals surface area contributed by atoms with E-state index in [-0.39, 0.29) is 41.7 Å². The number of benzene rings is 2. The second-order valence-electron chi connectivity index (χ2n) is 8.02. The highest BCUT2D eigenvalue weighted by Crippen LogP contribution is 2.30. The Morgan fingerprint density at radius 1 is 1.18 bits per heavy atom. The Kier molecular flexibility index (Phi) is 7.10. The van der Waals surface area contributed by atoms with E-state index in [1.165, 1.54) is 27.8 Å². The molecule has 0 radical (unpaired) electrons. The van der Waals surface area contributed by atoms with E-state index in [4.69, 9.17) is 9.47 Å². The van der Waals surface area contributed by atoms with E-state index in [2.05, 4.69) is 4.98 Å². The first kappa shape index (κ1) is 23.8. The number of carbonyl (C=O) groups is 1. The highest BCUT2D eigenvalue weighted by molar-refractivity contribution is 7.89. The largest absolute Gasteiger partial charge is 0.383 e. The molecular weight excluding hydrogens is 462 g/mol. The lowest BCUT2D eigenvalue weighted by Crippen LogP contribution is -2.48. The molecule has 2 aromatic carbocycles. The third kappa shape index (κ3) is 5.10. The van der Waals surface area contributed by atoms with Crippen LogP contribution >= 0.6 is 11.3 Å². The first-order valence-electron chi connectivity index (χ1n) is 10.7. The molecule has 1 amide bonds. The number of thiazole rings is 1. The lowest BCUT2D eigenvalue weighted by atomic mass is 10.2. The van der Waals surface area contributed by atoms with Gasteiger partial charge < -0.3 is 9.47 Å². The molecule has 1 saturated heterocycles. The first-order valence-corrected chi connectivity index (χ1v) is 13.0. The van der Waals surface area contributed by atoms with Crippen LogP contribution in [0.15, 0.2) is 53.4 Å². The zero-order chi connectivity index (χ0) is 23.6. The third-order valence-corrected chi connectivity index (χ3v) is 8.27. The predicted molar refractivity (Wildman–Crippen MR) is 128 cm³/mol. The molecule has 2 heterocycles. The summed E-state index contributed by atoms with van der Waals surface area (Å²) in [5.74, 6) is -0.327. The van der Waals surface area contributed by atoms with Crippen LogP contribution in [-0.2, 0) is 19.5 Å². The van der Waals surface area contributed by atoms with Crippen LogP contribution in [0.3, 0.4) is 0 Å². The van der Waals surface area contributed by atoms with Crippen LogP contribution in [0.1, 0.15) is 24.2 Å². The number of nitrogens with zero attached hydrogens (tertiary/aromatic N) is 3. The lowest BCUT2D eigenvalue weighted by molar-refractivity contribution is -0.0440. The fourth-order valence-corrected chi connectivity index (χ4v) is 6.49. The van der Waals surface area contributed by atoms with E-state index in [0.29, 0.717) is 18.3 Å². The van der Waals surface area contributed by atoms with E-state index in [9.17, 15) is 13.2 Å². The van der Waals surface area contributed by atoms with Crippen molar-refractivity contribution in [2.75, 3.05) is 38.3 Å². The van der Waals surface area contributed by atoms with Crippen LogP contribution in [0.5, 0.6) is 0 Å². The Hall–Kier alpha value is -2.37. The van der Waals surface area contributed by atoms with Crippen molar-refractivity contribution in [1.29, 1.82) is 0 Å². The minimum absolute atomic E-state index is 0.0886. The van der Waals surface area contributed by atoms with Gasteiger partial charge >= 0.3 is 0 Å². The summed E-state index contributed by atoms with van der Waals surface area (Å²) in [5.41, 5.74) is 1.08. The van der Waals surface area contributed by atoms with Gasteiger partial charge in [-0.05, 0) is 44.2 Å². The molecule has 1 aromatic heterocycles. The average molecular weight is 490 g/mol. The molecule has 0 N–H and O–H groups in total. The van der Waals surface area contributed by atoms with Crippen LogP contribution in [0.2, 0.25) is 0 Å². The maximum atomic E-state index is 13.5. The number of morpholine rings is 1. The highest BCUT2D eigenvalue weighted by Gasteiger charge is 2.33. The molecule has 0 saturated carbocycles. The van der Waals surface area contributed by atoms with Gasteiger partial charge in [-0.15, -0.1) is 0 Å². The summed E-state index contributed by atoms with van der Waals surface area (Å²) in [7, 11) is -2.20. The van der Waals surface area contributed by atoms with Gasteiger partial charge in [-0.3, -0.25) is 9.69 Å². The minimum Gasteiger partial charge on any atom is -0.383 e. The van der Waals surface area contributed by atoms with E-state index in [1.54, 1.807) is 24.1 Å². The third-order valence-electron chi connectivity index (χ3n) is 5.38. The van der Waals surface area contributed by atoms with Crippen molar-refractivity contribution in [3.63, 3.8) is 0 Å². The topological polar surface area (TPSA) is 89.0 Å². The smallest absolute Gasteiger partial charge is 0.260 e. The maximum absolute atomic E-state index is 13.5.